The molecule has 0 bridgehead atoms. The van der Waals surface area contributed by atoms with Crippen LogP contribution in [-0.4, -0.2) is 11.9 Å². The van der Waals surface area contributed by atoms with Gasteiger partial charge in [0.15, 0.2) is 0 Å². The van der Waals surface area contributed by atoms with Gasteiger partial charge in [0.25, 0.3) is 0 Å². The number of fused-ring (bicyclic) bond motifs is 2. The number of rotatable bonds is 2. The molecule has 2 aromatic heterocycles. The third kappa shape index (κ3) is 2.38. The maximum atomic E-state index is 12.1. The zero-order chi connectivity index (χ0) is 15.8. The molecule has 0 saturated heterocycles. The smallest absolute Gasteiger partial charge is 0.346 e. The number of furan rings is 2. The second-order valence-electron chi connectivity index (χ2n) is 5.02. The van der Waals surface area contributed by atoms with Gasteiger partial charge in [-0.05, 0) is 36.4 Å². The van der Waals surface area contributed by atoms with Crippen molar-refractivity contribution < 1.29 is 23.2 Å². The molecule has 0 spiro atoms. The van der Waals surface area contributed by atoms with E-state index < -0.39 is 11.9 Å². The number of ether oxygens (including phenoxy) is 1. The standard InChI is InChI=1S/C18H10O5/c19-17(13-3-1-11-5-7-21-15(11)9-13)23-18(20)14-4-2-12-6-8-22-16(12)10-14/h1-10H. The Bertz CT molecular complexity index is 954. The van der Waals surface area contributed by atoms with Crippen molar-refractivity contribution in [3.8, 4) is 0 Å². The highest BCUT2D eigenvalue weighted by Crippen LogP contribution is 2.20. The summed E-state index contributed by atoms with van der Waals surface area (Å²) < 4.78 is 15.4. The van der Waals surface area contributed by atoms with Gasteiger partial charge in [-0.15, -0.1) is 0 Å². The van der Waals surface area contributed by atoms with Crippen LogP contribution in [0.2, 0.25) is 0 Å². The molecule has 4 rings (SSSR count). The third-order valence-electron chi connectivity index (χ3n) is 3.57. The van der Waals surface area contributed by atoms with Gasteiger partial charge in [-0.25, -0.2) is 9.59 Å². The van der Waals surface area contributed by atoms with Crippen molar-refractivity contribution in [3.63, 3.8) is 0 Å². The van der Waals surface area contributed by atoms with Crippen molar-refractivity contribution in [3.05, 3.63) is 72.2 Å². The first-order valence-corrected chi connectivity index (χ1v) is 6.92. The van der Waals surface area contributed by atoms with Crippen LogP contribution in [0, 0.1) is 0 Å². The zero-order valence-electron chi connectivity index (χ0n) is 11.8. The maximum Gasteiger partial charge on any atom is 0.346 e. The Morgan fingerprint density at radius 3 is 1.65 bits per heavy atom. The highest BCUT2D eigenvalue weighted by atomic mass is 16.6. The van der Waals surface area contributed by atoms with Crippen molar-refractivity contribution >= 4 is 33.9 Å². The van der Waals surface area contributed by atoms with Gasteiger partial charge in [0.05, 0.1) is 23.7 Å². The Kier molecular flexibility index (Phi) is 2.98. The summed E-state index contributed by atoms with van der Waals surface area (Å²) in [5.74, 6) is -1.46. The highest BCUT2D eigenvalue weighted by Gasteiger charge is 2.16. The Hall–Kier alpha value is -3.34. The molecule has 0 aliphatic heterocycles. The van der Waals surface area contributed by atoms with E-state index in [0.717, 1.165) is 10.8 Å². The van der Waals surface area contributed by atoms with E-state index in [1.54, 1.807) is 48.5 Å². The fourth-order valence-electron chi connectivity index (χ4n) is 2.37. The molecule has 2 aromatic carbocycles. The monoisotopic (exact) mass is 306 g/mol. The summed E-state index contributed by atoms with van der Waals surface area (Å²) >= 11 is 0. The SMILES string of the molecule is O=C(OC(=O)c1ccc2ccoc2c1)c1ccc2ccoc2c1. The number of hydrogen-bond acceptors (Lipinski definition) is 5. The molecule has 0 aliphatic rings. The first-order chi connectivity index (χ1) is 11.2. The van der Waals surface area contributed by atoms with Crippen molar-refractivity contribution in [2.75, 3.05) is 0 Å². The van der Waals surface area contributed by atoms with Gasteiger partial charge in [0.2, 0.25) is 0 Å². The van der Waals surface area contributed by atoms with Crippen LogP contribution in [0.15, 0.2) is 69.9 Å². The molecule has 5 heteroatoms. The second-order valence-corrected chi connectivity index (χ2v) is 5.02. The fraction of sp³-hybridized carbons (Fsp3) is 0. The molecule has 0 aliphatic carbocycles. The van der Waals surface area contributed by atoms with Gasteiger partial charge in [-0.2, -0.15) is 0 Å². The first kappa shape index (κ1) is 13.3. The van der Waals surface area contributed by atoms with Crippen LogP contribution in [0.3, 0.4) is 0 Å². The second kappa shape index (κ2) is 5.14. The summed E-state index contributed by atoms with van der Waals surface area (Å²) in [6.45, 7) is 0. The summed E-state index contributed by atoms with van der Waals surface area (Å²) in [7, 11) is 0. The molecule has 0 amide bonds. The van der Waals surface area contributed by atoms with E-state index in [0.29, 0.717) is 11.2 Å². The predicted molar refractivity (Wildman–Crippen MR) is 82.2 cm³/mol. The number of hydrogen-bond donors (Lipinski definition) is 0. The Labute approximate surface area is 130 Å². The van der Waals surface area contributed by atoms with Gasteiger partial charge in [0, 0.05) is 10.8 Å². The minimum atomic E-state index is -0.729. The number of benzene rings is 2. The Balaban J connectivity index is 1.58. The van der Waals surface area contributed by atoms with E-state index in [9.17, 15) is 9.59 Å². The molecule has 0 fully saturated rings. The molecule has 112 valence electrons. The largest absolute Gasteiger partial charge is 0.464 e. The average Bonchev–Trinajstić information content (AvgIpc) is 3.21. The van der Waals surface area contributed by atoms with Crippen LogP contribution in [0.5, 0.6) is 0 Å². The molecule has 0 unspecified atom stereocenters. The molecule has 5 nitrogen and oxygen atoms in total. The lowest BCUT2D eigenvalue weighted by Gasteiger charge is -2.03. The number of carbonyl (C=O) groups excluding carboxylic acids is 2. The lowest BCUT2D eigenvalue weighted by Crippen LogP contribution is -2.12. The van der Waals surface area contributed by atoms with E-state index in [2.05, 4.69) is 0 Å². The summed E-state index contributed by atoms with van der Waals surface area (Å²) in [5, 5.41) is 1.74. The molecule has 0 atom stereocenters. The maximum absolute atomic E-state index is 12.1. The zero-order valence-corrected chi connectivity index (χ0v) is 11.8. The van der Waals surface area contributed by atoms with Crippen molar-refractivity contribution in [1.29, 1.82) is 0 Å². The molecule has 2 heterocycles. The molecule has 0 radical (unpaired) electrons. The van der Waals surface area contributed by atoms with Crippen molar-refractivity contribution in [2.45, 2.75) is 0 Å². The minimum Gasteiger partial charge on any atom is -0.464 e. The predicted octanol–water partition coefficient (Wildman–Crippen LogP) is 4.18. The van der Waals surface area contributed by atoms with Crippen molar-refractivity contribution in [1.82, 2.24) is 0 Å². The van der Waals surface area contributed by atoms with Crippen LogP contribution < -0.4 is 0 Å². The summed E-state index contributed by atoms with van der Waals surface area (Å²) in [6.07, 6.45) is 3.06. The first-order valence-electron chi connectivity index (χ1n) is 6.92. The van der Waals surface area contributed by atoms with Crippen LogP contribution in [0.4, 0.5) is 0 Å². The summed E-state index contributed by atoms with van der Waals surface area (Å²) in [5.41, 5.74) is 1.62. The lowest BCUT2D eigenvalue weighted by molar-refractivity contribution is 0.0398. The fourth-order valence-corrected chi connectivity index (χ4v) is 2.37. The van der Waals surface area contributed by atoms with Crippen LogP contribution in [0.25, 0.3) is 21.9 Å². The van der Waals surface area contributed by atoms with Crippen LogP contribution >= 0.6 is 0 Å². The Morgan fingerprint density at radius 1 is 0.696 bits per heavy atom. The molecule has 0 saturated carbocycles. The average molecular weight is 306 g/mol. The number of carbonyl (C=O) groups is 2. The van der Waals surface area contributed by atoms with Crippen LogP contribution in [-0.2, 0) is 4.74 Å². The van der Waals surface area contributed by atoms with Gasteiger partial charge in [-0.3, -0.25) is 0 Å². The van der Waals surface area contributed by atoms with E-state index >= 15 is 0 Å². The highest BCUT2D eigenvalue weighted by molar-refractivity contribution is 6.04. The van der Waals surface area contributed by atoms with E-state index in [4.69, 9.17) is 13.6 Å². The van der Waals surface area contributed by atoms with Gasteiger partial charge < -0.3 is 13.6 Å². The van der Waals surface area contributed by atoms with Gasteiger partial charge in [0.1, 0.15) is 11.2 Å². The van der Waals surface area contributed by atoms with Gasteiger partial charge >= 0.3 is 11.9 Å². The summed E-state index contributed by atoms with van der Waals surface area (Å²) in [4.78, 5) is 24.2. The van der Waals surface area contributed by atoms with E-state index in [1.165, 1.54) is 12.5 Å². The molecule has 0 N–H and O–H groups in total. The molecular formula is C18H10O5. The summed E-state index contributed by atoms with van der Waals surface area (Å²) in [6, 6.07) is 13.3. The Morgan fingerprint density at radius 2 is 1.17 bits per heavy atom. The van der Waals surface area contributed by atoms with Crippen molar-refractivity contribution in [2.24, 2.45) is 0 Å². The topological polar surface area (TPSA) is 69.7 Å². The van der Waals surface area contributed by atoms with E-state index in [-0.39, 0.29) is 11.1 Å². The minimum absolute atomic E-state index is 0.250. The number of esters is 2. The molecule has 23 heavy (non-hydrogen) atoms. The molecule has 4 aromatic rings. The quantitative estimate of drug-likeness (QED) is 0.410. The van der Waals surface area contributed by atoms with Gasteiger partial charge in [-0.1, -0.05) is 12.1 Å². The van der Waals surface area contributed by atoms with Crippen LogP contribution in [0.1, 0.15) is 20.7 Å². The lowest BCUT2D eigenvalue weighted by atomic mass is 10.1. The van der Waals surface area contributed by atoms with E-state index in [1.807, 2.05) is 0 Å². The third-order valence-corrected chi connectivity index (χ3v) is 3.57. The molecular weight excluding hydrogens is 296 g/mol. The normalized spacial score (nSPS) is 11.0.